The Bertz CT molecular complexity index is 584. The van der Waals surface area contributed by atoms with Crippen molar-refractivity contribution in [3.63, 3.8) is 0 Å². The number of rotatable bonds is 4. The quantitative estimate of drug-likeness (QED) is 0.386. The van der Waals surface area contributed by atoms with E-state index in [1.807, 2.05) is 18.2 Å². The topological polar surface area (TPSA) is 82.1 Å². The lowest BCUT2D eigenvalue weighted by atomic mass is 9.97. The number of esters is 1. The summed E-state index contributed by atoms with van der Waals surface area (Å²) in [6.07, 6.45) is 0.891. The second-order valence-electron chi connectivity index (χ2n) is 6.94. The third-order valence-corrected chi connectivity index (χ3v) is 5.60. The highest BCUT2D eigenvalue weighted by Gasteiger charge is 2.69. The predicted octanol–water partition coefficient (Wildman–Crippen LogP) is 0.931. The van der Waals surface area contributed by atoms with Gasteiger partial charge in [0, 0.05) is 12.8 Å². The van der Waals surface area contributed by atoms with Crippen LogP contribution >= 0.6 is 0 Å². The molecule has 3 fully saturated rings. The number of benzene rings is 1. The number of carbonyl (C=O) groups is 1. The zero-order chi connectivity index (χ0) is 16.2. The van der Waals surface area contributed by atoms with Crippen LogP contribution < -0.4 is 0 Å². The fraction of sp³-hybridized carbons (Fsp3) is 0.588. The number of carbonyl (C=O) groups excluding carboxylic acids is 1. The van der Waals surface area contributed by atoms with Gasteiger partial charge in [0.1, 0.15) is 36.3 Å². The monoisotopic (exact) mass is 319 g/mol. The first kappa shape index (κ1) is 15.1. The fourth-order valence-electron chi connectivity index (χ4n) is 4.25. The van der Waals surface area contributed by atoms with Gasteiger partial charge in [0.05, 0.1) is 13.7 Å². The van der Waals surface area contributed by atoms with Crippen molar-refractivity contribution in [3.05, 3.63) is 41.1 Å². The van der Waals surface area contributed by atoms with Crippen molar-refractivity contribution in [2.75, 3.05) is 13.7 Å². The summed E-state index contributed by atoms with van der Waals surface area (Å²) < 4.78 is 10.9. The van der Waals surface area contributed by atoms with E-state index in [0.717, 1.165) is 5.56 Å². The van der Waals surface area contributed by atoms with E-state index in [0.29, 0.717) is 12.8 Å². The highest BCUT2D eigenvalue weighted by molar-refractivity contribution is 5.78. The van der Waals surface area contributed by atoms with Crippen LogP contribution in [0.25, 0.3) is 0 Å². The van der Waals surface area contributed by atoms with Gasteiger partial charge in [-0.1, -0.05) is 30.3 Å². The molecule has 0 unspecified atom stereocenters. The number of hydroxylamine groups is 3. The number of aliphatic hydroxyl groups is 1. The summed E-state index contributed by atoms with van der Waals surface area (Å²) in [6.45, 7) is -0.286. The third kappa shape index (κ3) is 2.37. The molecular weight excluding hydrogens is 298 g/mol. The van der Waals surface area contributed by atoms with Gasteiger partial charge in [0.25, 0.3) is 0 Å². The number of nitrogens with zero attached hydrogens (tertiary/aromatic N) is 1. The molecule has 23 heavy (non-hydrogen) atoms. The van der Waals surface area contributed by atoms with Gasteiger partial charge >= 0.3 is 5.97 Å². The van der Waals surface area contributed by atoms with Gasteiger partial charge in [-0.3, -0.25) is 4.79 Å². The van der Waals surface area contributed by atoms with Gasteiger partial charge in [-0.25, -0.2) is 0 Å². The van der Waals surface area contributed by atoms with E-state index in [2.05, 4.69) is 0 Å². The van der Waals surface area contributed by atoms with Crippen molar-refractivity contribution in [1.29, 1.82) is 0 Å². The summed E-state index contributed by atoms with van der Waals surface area (Å²) in [4.78, 5) is 12.4. The summed E-state index contributed by atoms with van der Waals surface area (Å²) in [5.41, 5.74) is 0.745. The highest BCUT2D eigenvalue weighted by Crippen LogP contribution is 2.52. The smallest absolute Gasteiger partial charge is 0.316 e. The number of hydrogen-bond acceptors (Lipinski definition) is 5. The predicted molar refractivity (Wildman–Crippen MR) is 81.2 cm³/mol. The molecule has 0 spiro atoms. The Balaban J connectivity index is 1.44. The average molecular weight is 319 g/mol. The van der Waals surface area contributed by atoms with Crippen molar-refractivity contribution in [2.24, 2.45) is 0 Å². The Morgan fingerprint density at radius 1 is 1.35 bits per heavy atom. The van der Waals surface area contributed by atoms with Gasteiger partial charge in [-0.2, -0.15) is 0 Å². The summed E-state index contributed by atoms with van der Waals surface area (Å²) in [6, 6.07) is 8.86. The molecule has 6 heteroatoms. The maximum atomic E-state index is 12.6. The molecule has 3 heterocycles. The van der Waals surface area contributed by atoms with E-state index in [1.54, 1.807) is 19.2 Å². The largest absolute Gasteiger partial charge is 0.632 e. The van der Waals surface area contributed by atoms with Crippen LogP contribution in [0.2, 0.25) is 0 Å². The first-order valence-electron chi connectivity index (χ1n) is 8.11. The third-order valence-electron chi connectivity index (χ3n) is 5.60. The SMILES string of the molecule is C[N+]1([O-])[C@H]2CC(OC(=O)[C@H](CO)c3ccccc3)C[C@H]1[C@H]1O[C@@H]12. The second kappa shape index (κ2) is 5.27. The molecule has 0 aromatic heterocycles. The number of aliphatic hydroxyl groups excluding tert-OH is 1. The Hall–Kier alpha value is -1.47. The minimum Gasteiger partial charge on any atom is -0.632 e. The van der Waals surface area contributed by atoms with Gasteiger partial charge in [-0.15, -0.1) is 0 Å². The second-order valence-corrected chi connectivity index (χ2v) is 6.94. The lowest BCUT2D eigenvalue weighted by Crippen LogP contribution is -2.58. The maximum Gasteiger partial charge on any atom is 0.316 e. The molecule has 5 atom stereocenters. The summed E-state index contributed by atoms with van der Waals surface area (Å²) in [7, 11) is 1.70. The van der Waals surface area contributed by atoms with E-state index in [-0.39, 0.29) is 41.6 Å². The zero-order valence-corrected chi connectivity index (χ0v) is 13.0. The number of fused-ring (bicyclic) bond motifs is 5. The summed E-state index contributed by atoms with van der Waals surface area (Å²) >= 11 is 0. The van der Waals surface area contributed by atoms with Crippen molar-refractivity contribution in [3.8, 4) is 0 Å². The van der Waals surface area contributed by atoms with Gasteiger partial charge in [0.2, 0.25) is 0 Å². The van der Waals surface area contributed by atoms with Crippen LogP contribution in [-0.4, -0.2) is 59.8 Å². The maximum absolute atomic E-state index is 12.6. The normalized spacial score (nSPS) is 42.0. The standard InChI is InChI=1S/C17H21NO5/c1-18(21)13-7-11(8-14(18)16-15(13)23-16)22-17(20)12(9-19)10-5-3-2-4-6-10/h2-6,11-16,19H,7-9H2,1H3/t11?,12-,13+,14+,15-,16-,18?/m1/s1. The highest BCUT2D eigenvalue weighted by atomic mass is 16.6. The lowest BCUT2D eigenvalue weighted by Gasteiger charge is -2.51. The Morgan fingerprint density at radius 2 is 1.96 bits per heavy atom. The molecule has 3 saturated heterocycles. The van der Waals surface area contributed by atoms with Crippen LogP contribution in [0.1, 0.15) is 24.3 Å². The van der Waals surface area contributed by atoms with Crippen LogP contribution in [0.4, 0.5) is 0 Å². The van der Waals surface area contributed by atoms with Crippen molar-refractivity contribution in [1.82, 2.24) is 0 Å². The fourth-order valence-corrected chi connectivity index (χ4v) is 4.25. The minimum absolute atomic E-state index is 0.0361. The molecule has 1 aromatic rings. The number of likely N-dealkylation sites (N-methyl/N-ethyl adjacent to an activating group) is 1. The van der Waals surface area contributed by atoms with Gasteiger partial charge in [0.15, 0.2) is 0 Å². The molecule has 3 aliphatic rings. The van der Waals surface area contributed by atoms with Crippen LogP contribution in [0.3, 0.4) is 0 Å². The molecule has 0 saturated carbocycles. The minimum atomic E-state index is -0.672. The molecule has 1 aromatic carbocycles. The molecule has 2 bridgehead atoms. The summed E-state index contributed by atoms with van der Waals surface area (Å²) in [5, 5.41) is 22.2. The first-order chi connectivity index (χ1) is 11.0. The van der Waals surface area contributed by atoms with Crippen LogP contribution in [0.5, 0.6) is 0 Å². The van der Waals surface area contributed by atoms with E-state index in [9.17, 15) is 15.1 Å². The van der Waals surface area contributed by atoms with Crippen LogP contribution in [0, 0.1) is 5.21 Å². The number of quaternary nitrogens is 1. The number of morpholine rings is 1. The molecule has 124 valence electrons. The summed E-state index contributed by atoms with van der Waals surface area (Å²) in [5.74, 6) is -1.09. The van der Waals surface area contributed by atoms with E-state index in [1.165, 1.54) is 0 Å². The van der Waals surface area contributed by atoms with Gasteiger partial charge < -0.3 is 24.4 Å². The molecule has 0 radical (unpaired) electrons. The average Bonchev–Trinajstić information content (AvgIpc) is 3.27. The number of ether oxygens (including phenoxy) is 2. The molecular formula is C17H21NO5. The molecule has 3 aliphatic heterocycles. The number of hydrogen-bond donors (Lipinski definition) is 1. The van der Waals surface area contributed by atoms with E-state index < -0.39 is 11.9 Å². The molecule has 4 rings (SSSR count). The first-order valence-corrected chi connectivity index (χ1v) is 8.11. The van der Waals surface area contributed by atoms with E-state index in [4.69, 9.17) is 9.47 Å². The van der Waals surface area contributed by atoms with Crippen molar-refractivity contribution in [2.45, 2.75) is 49.2 Å². The molecule has 0 aliphatic carbocycles. The van der Waals surface area contributed by atoms with Crippen molar-refractivity contribution < 1.29 is 24.0 Å². The Morgan fingerprint density at radius 3 is 2.52 bits per heavy atom. The van der Waals surface area contributed by atoms with Crippen LogP contribution in [-0.2, 0) is 14.3 Å². The van der Waals surface area contributed by atoms with E-state index >= 15 is 0 Å². The molecule has 1 N–H and O–H groups in total. The Labute approximate surface area is 134 Å². The van der Waals surface area contributed by atoms with Crippen molar-refractivity contribution >= 4 is 5.97 Å². The Kier molecular flexibility index (Phi) is 3.46. The number of piperidine rings is 1. The molecule has 6 nitrogen and oxygen atoms in total. The zero-order valence-electron chi connectivity index (χ0n) is 13.0. The lowest BCUT2D eigenvalue weighted by molar-refractivity contribution is -0.911. The number of epoxide rings is 1. The van der Waals surface area contributed by atoms with Crippen LogP contribution in [0.15, 0.2) is 30.3 Å². The van der Waals surface area contributed by atoms with Gasteiger partial charge in [-0.05, 0) is 5.56 Å². The molecule has 0 amide bonds.